The number of amides is 1. The molecule has 0 fully saturated rings. The van der Waals surface area contributed by atoms with Crippen LogP contribution in [0.5, 0.6) is 5.75 Å². The van der Waals surface area contributed by atoms with Gasteiger partial charge in [0.1, 0.15) is 12.4 Å². The molecule has 3 nitrogen and oxygen atoms in total. The molecule has 0 aliphatic rings. The zero-order valence-electron chi connectivity index (χ0n) is 12.6. The number of hydrogen-bond donors (Lipinski definition) is 1. The number of ether oxygens (including phenoxy) is 1. The molecule has 0 aliphatic heterocycles. The monoisotopic (exact) mass is 303 g/mol. The summed E-state index contributed by atoms with van der Waals surface area (Å²) in [6.45, 7) is 0.539. The highest BCUT2D eigenvalue weighted by atomic mass is 16.5. The zero-order chi connectivity index (χ0) is 16.1. The van der Waals surface area contributed by atoms with E-state index in [2.05, 4.69) is 0 Å². The van der Waals surface area contributed by atoms with Crippen LogP contribution in [0.25, 0.3) is 11.1 Å². The zero-order valence-corrected chi connectivity index (χ0v) is 12.6. The maximum Gasteiger partial charge on any atom is 0.248 e. The average molecular weight is 303 g/mol. The number of carbonyl (C=O) groups is 1. The van der Waals surface area contributed by atoms with Crippen LogP contribution in [0.15, 0.2) is 78.9 Å². The van der Waals surface area contributed by atoms with Crippen molar-refractivity contribution in [1.82, 2.24) is 0 Å². The molecular formula is C20H17NO2. The van der Waals surface area contributed by atoms with Crippen LogP contribution in [0.3, 0.4) is 0 Å². The van der Waals surface area contributed by atoms with Crippen molar-refractivity contribution >= 4 is 5.91 Å². The van der Waals surface area contributed by atoms with Gasteiger partial charge in [-0.25, -0.2) is 0 Å². The molecule has 0 bridgehead atoms. The fourth-order valence-electron chi connectivity index (χ4n) is 2.34. The minimum absolute atomic E-state index is 0.422. The van der Waals surface area contributed by atoms with E-state index in [0.717, 1.165) is 22.4 Å². The van der Waals surface area contributed by atoms with Gasteiger partial charge in [-0.05, 0) is 41.0 Å². The summed E-state index contributed by atoms with van der Waals surface area (Å²) in [5.74, 6) is 0.387. The molecule has 114 valence electrons. The second kappa shape index (κ2) is 6.79. The Morgan fingerprint density at radius 3 is 2.26 bits per heavy atom. The molecule has 0 atom stereocenters. The predicted octanol–water partition coefficient (Wildman–Crippen LogP) is 4.03. The van der Waals surface area contributed by atoms with E-state index in [9.17, 15) is 4.79 Å². The lowest BCUT2D eigenvalue weighted by Gasteiger charge is -2.08. The highest BCUT2D eigenvalue weighted by Gasteiger charge is 2.04. The maximum atomic E-state index is 11.3. The molecule has 0 saturated heterocycles. The van der Waals surface area contributed by atoms with Gasteiger partial charge < -0.3 is 10.5 Å². The summed E-state index contributed by atoms with van der Waals surface area (Å²) < 4.78 is 5.77. The minimum Gasteiger partial charge on any atom is -0.489 e. The van der Waals surface area contributed by atoms with Crippen molar-refractivity contribution in [2.75, 3.05) is 0 Å². The molecule has 2 N–H and O–H groups in total. The van der Waals surface area contributed by atoms with Gasteiger partial charge in [0.2, 0.25) is 5.91 Å². The fraction of sp³-hybridized carbons (Fsp3) is 0.0500. The van der Waals surface area contributed by atoms with E-state index < -0.39 is 5.91 Å². The van der Waals surface area contributed by atoms with Crippen LogP contribution in [0.4, 0.5) is 0 Å². The molecule has 3 rings (SSSR count). The van der Waals surface area contributed by atoms with Crippen LogP contribution >= 0.6 is 0 Å². The van der Waals surface area contributed by atoms with Crippen molar-refractivity contribution in [1.29, 1.82) is 0 Å². The Morgan fingerprint density at radius 2 is 1.57 bits per heavy atom. The molecular weight excluding hydrogens is 286 g/mol. The molecule has 3 heteroatoms. The molecule has 3 aromatic rings. The summed E-state index contributed by atoms with van der Waals surface area (Å²) >= 11 is 0. The molecule has 0 aromatic heterocycles. The van der Waals surface area contributed by atoms with E-state index in [4.69, 9.17) is 10.5 Å². The highest BCUT2D eigenvalue weighted by Crippen LogP contribution is 2.23. The molecule has 0 unspecified atom stereocenters. The molecule has 1 amide bonds. The molecule has 0 aliphatic carbocycles. The first kappa shape index (κ1) is 14.9. The van der Waals surface area contributed by atoms with Crippen LogP contribution in [0.1, 0.15) is 15.9 Å². The lowest BCUT2D eigenvalue weighted by Crippen LogP contribution is -2.10. The number of nitrogens with two attached hydrogens (primary N) is 1. The van der Waals surface area contributed by atoms with Crippen molar-refractivity contribution in [2.24, 2.45) is 5.73 Å². The van der Waals surface area contributed by atoms with Crippen molar-refractivity contribution in [3.63, 3.8) is 0 Å². The molecule has 0 saturated carbocycles. The van der Waals surface area contributed by atoms with Gasteiger partial charge >= 0.3 is 0 Å². The summed E-state index contributed by atoms with van der Waals surface area (Å²) in [7, 11) is 0. The molecule has 3 aromatic carbocycles. The van der Waals surface area contributed by atoms with Crippen molar-refractivity contribution < 1.29 is 9.53 Å². The first-order valence-electron chi connectivity index (χ1n) is 7.39. The van der Waals surface area contributed by atoms with E-state index in [1.165, 1.54) is 0 Å². The largest absolute Gasteiger partial charge is 0.489 e. The third kappa shape index (κ3) is 3.77. The van der Waals surface area contributed by atoms with Gasteiger partial charge in [0.05, 0.1) is 0 Å². The predicted molar refractivity (Wildman–Crippen MR) is 91.2 cm³/mol. The number of carbonyl (C=O) groups excluding carboxylic acids is 1. The van der Waals surface area contributed by atoms with Crippen LogP contribution in [-0.2, 0) is 6.61 Å². The van der Waals surface area contributed by atoms with Crippen molar-refractivity contribution in [2.45, 2.75) is 6.61 Å². The van der Waals surface area contributed by atoms with E-state index in [1.54, 1.807) is 12.1 Å². The van der Waals surface area contributed by atoms with Gasteiger partial charge in [-0.1, -0.05) is 54.6 Å². The maximum absolute atomic E-state index is 11.3. The summed E-state index contributed by atoms with van der Waals surface area (Å²) in [5, 5.41) is 0. The van der Waals surface area contributed by atoms with E-state index >= 15 is 0 Å². The Morgan fingerprint density at radius 1 is 0.826 bits per heavy atom. The second-order valence-corrected chi connectivity index (χ2v) is 5.24. The van der Waals surface area contributed by atoms with Crippen molar-refractivity contribution in [3.05, 3.63) is 90.0 Å². The number of hydrogen-bond acceptors (Lipinski definition) is 2. The Kier molecular flexibility index (Phi) is 4.39. The molecule has 23 heavy (non-hydrogen) atoms. The number of primary amides is 1. The average Bonchev–Trinajstić information content (AvgIpc) is 2.61. The highest BCUT2D eigenvalue weighted by molar-refractivity contribution is 5.94. The van der Waals surface area contributed by atoms with Gasteiger partial charge in [-0.15, -0.1) is 0 Å². The molecule has 0 heterocycles. The third-order valence-corrected chi connectivity index (χ3v) is 3.58. The SMILES string of the molecule is NC(=O)c1cccc(-c2ccc(OCc3ccccc3)cc2)c1. The van der Waals surface area contributed by atoms with E-state index in [1.807, 2.05) is 66.7 Å². The Bertz CT molecular complexity index is 795. The van der Waals surface area contributed by atoms with Gasteiger partial charge in [-0.2, -0.15) is 0 Å². The third-order valence-electron chi connectivity index (χ3n) is 3.58. The Labute approximate surface area is 135 Å². The first-order valence-corrected chi connectivity index (χ1v) is 7.39. The lowest BCUT2D eigenvalue weighted by atomic mass is 10.0. The second-order valence-electron chi connectivity index (χ2n) is 5.24. The normalized spacial score (nSPS) is 10.3. The first-order chi connectivity index (χ1) is 11.2. The van der Waals surface area contributed by atoms with E-state index in [-0.39, 0.29) is 0 Å². The van der Waals surface area contributed by atoms with Gasteiger partial charge in [0.15, 0.2) is 0 Å². The lowest BCUT2D eigenvalue weighted by molar-refractivity contribution is 0.100. The summed E-state index contributed by atoms with van der Waals surface area (Å²) in [4.78, 5) is 11.3. The van der Waals surface area contributed by atoms with E-state index in [0.29, 0.717) is 12.2 Å². The van der Waals surface area contributed by atoms with Crippen LogP contribution in [0, 0.1) is 0 Å². The fourth-order valence-corrected chi connectivity index (χ4v) is 2.34. The van der Waals surface area contributed by atoms with Gasteiger partial charge in [-0.3, -0.25) is 4.79 Å². The number of rotatable bonds is 5. The standard InChI is InChI=1S/C20H17NO2/c21-20(22)18-8-4-7-17(13-18)16-9-11-19(12-10-16)23-14-15-5-2-1-3-6-15/h1-13H,14H2,(H2,21,22). The summed E-state index contributed by atoms with van der Waals surface area (Å²) in [5.41, 5.74) is 8.93. The molecule has 0 radical (unpaired) electrons. The number of benzene rings is 3. The topological polar surface area (TPSA) is 52.3 Å². The van der Waals surface area contributed by atoms with Gasteiger partial charge in [0, 0.05) is 5.56 Å². The minimum atomic E-state index is -0.422. The van der Waals surface area contributed by atoms with Crippen molar-refractivity contribution in [3.8, 4) is 16.9 Å². The van der Waals surface area contributed by atoms with Gasteiger partial charge in [0.25, 0.3) is 0 Å². The smallest absolute Gasteiger partial charge is 0.248 e. The van der Waals surface area contributed by atoms with Crippen LogP contribution in [-0.4, -0.2) is 5.91 Å². The van der Waals surface area contributed by atoms with Crippen LogP contribution in [0.2, 0.25) is 0 Å². The quantitative estimate of drug-likeness (QED) is 0.773. The molecule has 0 spiro atoms. The summed E-state index contributed by atoms with van der Waals surface area (Å²) in [6, 6.07) is 25.1. The Hall–Kier alpha value is -3.07. The summed E-state index contributed by atoms with van der Waals surface area (Å²) in [6.07, 6.45) is 0. The van der Waals surface area contributed by atoms with Crippen LogP contribution < -0.4 is 10.5 Å². The Balaban J connectivity index is 1.72.